The smallest absolute Gasteiger partial charge is 0.234 e. The highest BCUT2D eigenvalue weighted by Crippen LogP contribution is 2.34. The second-order valence-electron chi connectivity index (χ2n) is 8.26. The molecule has 0 radical (unpaired) electrons. The van der Waals surface area contributed by atoms with Gasteiger partial charge in [-0.3, -0.25) is 14.5 Å². The fraction of sp³-hybridized carbons (Fsp3) is 0.348. The summed E-state index contributed by atoms with van der Waals surface area (Å²) in [5, 5.41) is 0.269. The summed E-state index contributed by atoms with van der Waals surface area (Å²) in [6.07, 6.45) is 0.641. The molecule has 0 N–H and O–H groups in total. The summed E-state index contributed by atoms with van der Waals surface area (Å²) >= 11 is 1.04. The maximum Gasteiger partial charge on any atom is 0.234 e. The maximum atomic E-state index is 14.2. The zero-order chi connectivity index (χ0) is 23.7. The minimum atomic E-state index is -0.785. The van der Waals surface area contributed by atoms with E-state index in [1.165, 1.54) is 40.1 Å². The molecule has 33 heavy (non-hydrogen) atoms. The summed E-state index contributed by atoms with van der Waals surface area (Å²) in [5.74, 6) is -3.07. The molecule has 2 heterocycles. The fourth-order valence-electron chi connectivity index (χ4n) is 3.87. The van der Waals surface area contributed by atoms with Gasteiger partial charge in [-0.2, -0.15) is 0 Å². The summed E-state index contributed by atoms with van der Waals surface area (Å²) in [6.45, 7) is 1.19. The number of rotatable bonds is 7. The van der Waals surface area contributed by atoms with Crippen molar-refractivity contribution in [3.63, 3.8) is 0 Å². The molecule has 1 unspecified atom stereocenters. The van der Waals surface area contributed by atoms with E-state index in [1.807, 2.05) is 19.0 Å². The van der Waals surface area contributed by atoms with Crippen molar-refractivity contribution in [3.8, 4) is 0 Å². The van der Waals surface area contributed by atoms with Gasteiger partial charge in [0.2, 0.25) is 11.8 Å². The number of thiazole rings is 1. The molecule has 0 saturated carbocycles. The molecule has 0 bridgehead atoms. The van der Waals surface area contributed by atoms with Crippen LogP contribution in [0, 0.1) is 23.4 Å². The normalized spacial score (nSPS) is 16.2. The van der Waals surface area contributed by atoms with E-state index in [9.17, 15) is 22.8 Å². The van der Waals surface area contributed by atoms with Crippen molar-refractivity contribution in [2.75, 3.05) is 43.5 Å². The predicted molar refractivity (Wildman–Crippen MR) is 122 cm³/mol. The molecule has 174 valence electrons. The van der Waals surface area contributed by atoms with E-state index in [-0.39, 0.29) is 35.4 Å². The predicted octanol–water partition coefficient (Wildman–Crippen LogP) is 4.05. The Labute approximate surface area is 193 Å². The Kier molecular flexibility index (Phi) is 6.66. The van der Waals surface area contributed by atoms with E-state index in [0.29, 0.717) is 29.9 Å². The van der Waals surface area contributed by atoms with Gasteiger partial charge >= 0.3 is 0 Å². The first-order valence-electron chi connectivity index (χ1n) is 10.5. The molecule has 1 saturated heterocycles. The third-order valence-corrected chi connectivity index (χ3v) is 6.52. The summed E-state index contributed by atoms with van der Waals surface area (Å²) in [7, 11) is 3.83. The highest BCUT2D eigenvalue weighted by atomic mass is 32.1. The lowest BCUT2D eigenvalue weighted by atomic mass is 10.1. The van der Waals surface area contributed by atoms with Crippen LogP contribution < -0.4 is 9.80 Å². The van der Waals surface area contributed by atoms with Crippen molar-refractivity contribution in [1.82, 2.24) is 9.88 Å². The second kappa shape index (κ2) is 9.48. The molecule has 1 aromatic heterocycles. The van der Waals surface area contributed by atoms with E-state index in [1.54, 1.807) is 0 Å². The number of halogens is 3. The van der Waals surface area contributed by atoms with Gasteiger partial charge in [0.1, 0.15) is 17.2 Å². The highest BCUT2D eigenvalue weighted by molar-refractivity contribution is 7.22. The Bertz CT molecular complexity index is 1180. The van der Waals surface area contributed by atoms with Crippen molar-refractivity contribution >= 4 is 44.2 Å². The quantitative estimate of drug-likeness (QED) is 0.516. The minimum Gasteiger partial charge on any atom is -0.312 e. The van der Waals surface area contributed by atoms with Crippen molar-refractivity contribution in [2.45, 2.75) is 12.8 Å². The monoisotopic (exact) mass is 476 g/mol. The molecule has 6 nitrogen and oxygen atoms in total. The maximum absolute atomic E-state index is 14.2. The number of amides is 2. The third-order valence-electron chi connectivity index (χ3n) is 5.50. The molecular formula is C23H23F3N4O2S. The number of aromatic nitrogens is 1. The lowest BCUT2D eigenvalue weighted by Gasteiger charge is -2.24. The molecule has 1 fully saturated rings. The van der Waals surface area contributed by atoms with E-state index in [2.05, 4.69) is 4.98 Å². The molecule has 0 spiro atoms. The van der Waals surface area contributed by atoms with Crippen molar-refractivity contribution in [1.29, 1.82) is 0 Å². The molecule has 1 aliphatic rings. The first kappa shape index (κ1) is 23.2. The van der Waals surface area contributed by atoms with Gasteiger partial charge in [0.05, 0.1) is 10.6 Å². The minimum absolute atomic E-state index is 0.00821. The van der Waals surface area contributed by atoms with Crippen LogP contribution in [0.4, 0.5) is 24.0 Å². The summed E-state index contributed by atoms with van der Waals surface area (Å²) in [4.78, 5) is 35.3. The van der Waals surface area contributed by atoms with Crippen LogP contribution in [0.1, 0.15) is 12.8 Å². The van der Waals surface area contributed by atoms with Crippen LogP contribution in [0.15, 0.2) is 36.4 Å². The lowest BCUT2D eigenvalue weighted by molar-refractivity contribution is -0.124. The molecule has 1 atom stereocenters. The number of nitrogens with zero attached hydrogens (tertiary/aromatic N) is 4. The molecule has 4 rings (SSSR count). The summed E-state index contributed by atoms with van der Waals surface area (Å²) in [5.41, 5.74) is 0.533. The zero-order valence-electron chi connectivity index (χ0n) is 18.2. The Morgan fingerprint density at radius 1 is 1.12 bits per heavy atom. The van der Waals surface area contributed by atoms with Gasteiger partial charge < -0.3 is 9.80 Å². The molecule has 3 aromatic rings. The van der Waals surface area contributed by atoms with Crippen LogP contribution in [0.25, 0.3) is 10.2 Å². The third kappa shape index (κ3) is 5.01. The van der Waals surface area contributed by atoms with E-state index >= 15 is 0 Å². The van der Waals surface area contributed by atoms with E-state index in [0.717, 1.165) is 17.4 Å². The molecule has 2 amide bonds. The molecule has 1 aliphatic heterocycles. The largest absolute Gasteiger partial charge is 0.312 e. The topological polar surface area (TPSA) is 56.8 Å². The highest BCUT2D eigenvalue weighted by Gasteiger charge is 2.38. The number of benzene rings is 2. The number of anilines is 2. The van der Waals surface area contributed by atoms with Crippen LogP contribution >= 0.6 is 11.3 Å². The van der Waals surface area contributed by atoms with E-state index in [4.69, 9.17) is 0 Å². The van der Waals surface area contributed by atoms with Crippen LogP contribution in [-0.4, -0.2) is 55.4 Å². The van der Waals surface area contributed by atoms with Gasteiger partial charge in [-0.1, -0.05) is 11.3 Å². The van der Waals surface area contributed by atoms with Gasteiger partial charge in [-0.25, -0.2) is 18.2 Å². The van der Waals surface area contributed by atoms with Crippen LogP contribution in [0.3, 0.4) is 0 Å². The Morgan fingerprint density at radius 3 is 2.55 bits per heavy atom. The van der Waals surface area contributed by atoms with Crippen LogP contribution in [0.2, 0.25) is 0 Å². The van der Waals surface area contributed by atoms with Crippen molar-refractivity contribution < 1.29 is 22.8 Å². The summed E-state index contributed by atoms with van der Waals surface area (Å²) in [6, 6.07) is 7.48. The second-order valence-corrected chi connectivity index (χ2v) is 9.27. The van der Waals surface area contributed by atoms with Gasteiger partial charge in [-0.05, 0) is 57.4 Å². The van der Waals surface area contributed by atoms with Gasteiger partial charge in [0.25, 0.3) is 0 Å². The number of hydrogen-bond donors (Lipinski definition) is 0. The SMILES string of the molecule is CN(C)CCCN(C(=O)C1CC(=O)N(c2ccc(F)cc2)C1)c1nc2c(F)cc(F)cc2s1. The van der Waals surface area contributed by atoms with E-state index < -0.39 is 23.4 Å². The first-order valence-corrected chi connectivity index (χ1v) is 11.3. The van der Waals surface area contributed by atoms with Gasteiger partial charge in [0, 0.05) is 31.3 Å². The summed E-state index contributed by atoms with van der Waals surface area (Å²) < 4.78 is 41.5. The molecular weight excluding hydrogens is 453 g/mol. The zero-order valence-corrected chi connectivity index (χ0v) is 19.0. The number of fused-ring (bicyclic) bond motifs is 1. The van der Waals surface area contributed by atoms with Gasteiger partial charge in [0.15, 0.2) is 10.9 Å². The van der Waals surface area contributed by atoms with Crippen molar-refractivity contribution in [2.24, 2.45) is 5.92 Å². The fourth-order valence-corrected chi connectivity index (χ4v) is 4.91. The molecule has 2 aromatic carbocycles. The Morgan fingerprint density at radius 2 is 1.85 bits per heavy atom. The number of carbonyl (C=O) groups is 2. The van der Waals surface area contributed by atoms with Crippen molar-refractivity contribution in [3.05, 3.63) is 53.8 Å². The number of carbonyl (C=O) groups excluding carboxylic acids is 2. The first-order chi connectivity index (χ1) is 15.7. The average molecular weight is 477 g/mol. The molecule has 0 aliphatic carbocycles. The van der Waals surface area contributed by atoms with Crippen LogP contribution in [-0.2, 0) is 9.59 Å². The Balaban J connectivity index is 1.60. The van der Waals surface area contributed by atoms with Gasteiger partial charge in [-0.15, -0.1) is 0 Å². The lowest BCUT2D eigenvalue weighted by Crippen LogP contribution is -2.39. The number of hydrogen-bond acceptors (Lipinski definition) is 5. The molecule has 10 heteroatoms. The average Bonchev–Trinajstić information content (AvgIpc) is 3.35. The standard InChI is InChI=1S/C23H23F3N4O2S/c1-28(2)8-3-9-29(23-27-21-18(26)11-16(25)12-19(21)33-23)22(32)14-10-20(31)30(13-14)17-6-4-15(24)5-7-17/h4-7,11-12,14H,3,8-10,13H2,1-2H3. The van der Waals surface area contributed by atoms with Crippen LogP contribution in [0.5, 0.6) is 0 Å². The Hall–Kier alpha value is -2.98.